The van der Waals surface area contributed by atoms with Crippen molar-refractivity contribution >= 4 is 36.4 Å². The molecule has 1 atom stereocenters. The average Bonchev–Trinajstić information content (AvgIpc) is 2.54. The quantitative estimate of drug-likeness (QED) is 0.801. The third-order valence-corrected chi connectivity index (χ3v) is 4.41. The van der Waals surface area contributed by atoms with Crippen molar-refractivity contribution in [1.29, 1.82) is 0 Å². The lowest BCUT2D eigenvalue weighted by Gasteiger charge is -2.39. The second kappa shape index (κ2) is 10.2. The molecule has 0 bridgehead atoms. The summed E-state index contributed by atoms with van der Waals surface area (Å²) in [6, 6.07) is 6.37. The Morgan fingerprint density at radius 2 is 1.72 bits per heavy atom. The number of rotatable bonds is 5. The van der Waals surface area contributed by atoms with Crippen LogP contribution in [0.25, 0.3) is 0 Å². The fraction of sp³-hybridized carbons (Fsp3) is 0.588. The van der Waals surface area contributed by atoms with Crippen molar-refractivity contribution in [2.24, 2.45) is 5.73 Å². The van der Waals surface area contributed by atoms with E-state index in [0.717, 1.165) is 31.9 Å². The highest BCUT2D eigenvalue weighted by atomic mass is 35.5. The first kappa shape index (κ1) is 23.9. The topological polar surface area (TPSA) is 61.6 Å². The molecule has 8 heteroatoms. The lowest BCUT2D eigenvalue weighted by atomic mass is 10.1. The van der Waals surface area contributed by atoms with Crippen LogP contribution in [0.5, 0.6) is 0 Å². The van der Waals surface area contributed by atoms with Crippen molar-refractivity contribution in [3.63, 3.8) is 0 Å². The van der Waals surface area contributed by atoms with Crippen LogP contribution >= 0.6 is 24.8 Å². The minimum absolute atomic E-state index is 0. The first-order valence-electron chi connectivity index (χ1n) is 8.09. The van der Waals surface area contributed by atoms with Crippen LogP contribution in [0.4, 0.5) is 10.1 Å². The molecule has 1 unspecified atom stereocenters. The Bertz CT molecular complexity index is 534. The maximum atomic E-state index is 13.0. The molecule has 1 saturated heterocycles. The number of halogens is 3. The van der Waals surface area contributed by atoms with Gasteiger partial charge in [0.15, 0.2) is 0 Å². The lowest BCUT2D eigenvalue weighted by molar-refractivity contribution is -0.127. The van der Waals surface area contributed by atoms with Gasteiger partial charge in [0.1, 0.15) is 5.82 Å². The highest BCUT2D eigenvalue weighted by molar-refractivity contribution is 5.85. The molecule has 0 aliphatic carbocycles. The van der Waals surface area contributed by atoms with E-state index < -0.39 is 0 Å². The maximum Gasteiger partial charge on any atom is 0.237 e. The van der Waals surface area contributed by atoms with E-state index in [1.807, 2.05) is 20.8 Å². The smallest absolute Gasteiger partial charge is 0.237 e. The zero-order valence-electron chi connectivity index (χ0n) is 15.0. The average molecular weight is 395 g/mol. The first-order chi connectivity index (χ1) is 10.8. The van der Waals surface area contributed by atoms with Crippen LogP contribution in [0.1, 0.15) is 20.8 Å². The molecule has 1 aromatic rings. The molecular weight excluding hydrogens is 366 g/mol. The third kappa shape index (κ3) is 6.62. The van der Waals surface area contributed by atoms with Gasteiger partial charge in [0.05, 0.1) is 6.04 Å². The molecule has 1 aliphatic rings. The summed E-state index contributed by atoms with van der Waals surface area (Å²) in [6.07, 6.45) is 0. The maximum absolute atomic E-state index is 13.0. The largest absolute Gasteiger partial charge is 0.369 e. The fourth-order valence-electron chi connectivity index (χ4n) is 2.67. The molecule has 144 valence electrons. The van der Waals surface area contributed by atoms with Gasteiger partial charge in [-0.25, -0.2) is 4.39 Å². The summed E-state index contributed by atoms with van der Waals surface area (Å²) in [6.45, 7) is 9.42. The molecule has 0 aromatic heterocycles. The molecule has 3 N–H and O–H groups in total. The molecule has 25 heavy (non-hydrogen) atoms. The normalized spacial score (nSPS) is 16.4. The number of nitrogens with two attached hydrogens (primary N) is 1. The molecule has 5 nitrogen and oxygen atoms in total. The molecule has 0 saturated carbocycles. The van der Waals surface area contributed by atoms with Crippen LogP contribution in [-0.4, -0.2) is 55.1 Å². The number of nitrogens with one attached hydrogen (secondary N) is 1. The molecule has 1 heterocycles. The van der Waals surface area contributed by atoms with E-state index in [9.17, 15) is 9.18 Å². The zero-order chi connectivity index (χ0) is 17.0. The number of nitrogens with zero attached hydrogens (tertiary/aromatic N) is 2. The van der Waals surface area contributed by atoms with Gasteiger partial charge < -0.3 is 16.0 Å². The Labute approximate surface area is 161 Å². The van der Waals surface area contributed by atoms with Gasteiger partial charge in [0.2, 0.25) is 5.91 Å². The van der Waals surface area contributed by atoms with E-state index in [0.29, 0.717) is 6.54 Å². The number of carbonyl (C=O) groups excluding carboxylic acids is 1. The highest BCUT2D eigenvalue weighted by Gasteiger charge is 2.28. The SMILES string of the molecule is CC(C(=O)NC(C)(C)CN)N1CCN(c2ccc(F)cc2)CC1.Cl.Cl. The zero-order valence-corrected chi connectivity index (χ0v) is 16.6. The number of hydrogen-bond donors (Lipinski definition) is 2. The molecule has 1 fully saturated rings. The van der Waals surface area contributed by atoms with Crippen LogP contribution < -0.4 is 16.0 Å². The lowest BCUT2D eigenvalue weighted by Crippen LogP contribution is -2.58. The Balaban J connectivity index is 0.00000288. The predicted molar refractivity (Wildman–Crippen MR) is 105 cm³/mol. The van der Waals surface area contributed by atoms with Gasteiger partial charge in [-0.15, -0.1) is 24.8 Å². The van der Waals surface area contributed by atoms with Gasteiger partial charge in [-0.05, 0) is 45.0 Å². The van der Waals surface area contributed by atoms with Gasteiger partial charge >= 0.3 is 0 Å². The van der Waals surface area contributed by atoms with Crippen molar-refractivity contribution in [3.05, 3.63) is 30.1 Å². The number of amides is 1. The third-order valence-electron chi connectivity index (χ3n) is 4.41. The Morgan fingerprint density at radius 1 is 1.20 bits per heavy atom. The minimum Gasteiger partial charge on any atom is -0.369 e. The molecule has 0 radical (unpaired) electrons. The van der Waals surface area contributed by atoms with Gasteiger partial charge in [-0.1, -0.05) is 0 Å². The van der Waals surface area contributed by atoms with Crippen molar-refractivity contribution in [1.82, 2.24) is 10.2 Å². The summed E-state index contributed by atoms with van der Waals surface area (Å²) in [5.41, 5.74) is 6.30. The second-order valence-electron chi connectivity index (χ2n) is 6.75. The molecular formula is C17H29Cl2FN4O. The summed E-state index contributed by atoms with van der Waals surface area (Å²) >= 11 is 0. The van der Waals surface area contributed by atoms with Gasteiger partial charge in [0, 0.05) is 44.0 Å². The summed E-state index contributed by atoms with van der Waals surface area (Å²) in [5.74, 6) is -0.212. The summed E-state index contributed by atoms with van der Waals surface area (Å²) < 4.78 is 13.0. The highest BCUT2D eigenvalue weighted by Crippen LogP contribution is 2.18. The fourth-order valence-corrected chi connectivity index (χ4v) is 2.67. The second-order valence-corrected chi connectivity index (χ2v) is 6.75. The van der Waals surface area contributed by atoms with Crippen LogP contribution in [0.3, 0.4) is 0 Å². The monoisotopic (exact) mass is 394 g/mol. The predicted octanol–water partition coefficient (Wildman–Crippen LogP) is 2.03. The number of piperazine rings is 1. The van der Waals surface area contributed by atoms with E-state index in [2.05, 4.69) is 15.1 Å². The molecule has 1 amide bonds. The minimum atomic E-state index is -0.388. The van der Waals surface area contributed by atoms with Crippen molar-refractivity contribution in [2.75, 3.05) is 37.6 Å². The van der Waals surface area contributed by atoms with Crippen molar-refractivity contribution < 1.29 is 9.18 Å². The van der Waals surface area contributed by atoms with Gasteiger partial charge in [-0.2, -0.15) is 0 Å². The van der Waals surface area contributed by atoms with Crippen molar-refractivity contribution in [2.45, 2.75) is 32.4 Å². The van der Waals surface area contributed by atoms with Crippen LogP contribution in [0, 0.1) is 5.82 Å². The number of benzene rings is 1. The number of hydrogen-bond acceptors (Lipinski definition) is 4. The Kier molecular flexibility index (Phi) is 9.72. The van der Waals surface area contributed by atoms with Crippen LogP contribution in [0.2, 0.25) is 0 Å². The van der Waals surface area contributed by atoms with E-state index in [-0.39, 0.29) is 48.1 Å². The van der Waals surface area contributed by atoms with E-state index >= 15 is 0 Å². The number of anilines is 1. The summed E-state index contributed by atoms with van der Waals surface area (Å²) in [7, 11) is 0. The standard InChI is InChI=1S/C17H27FN4O.2ClH/c1-13(16(23)20-17(2,3)12-19)21-8-10-22(11-9-21)15-6-4-14(18)5-7-15;;/h4-7,13H,8-12,19H2,1-3H3,(H,20,23);2*1H. The molecule has 1 aromatic carbocycles. The molecule has 1 aliphatic heterocycles. The first-order valence-corrected chi connectivity index (χ1v) is 8.09. The summed E-state index contributed by atoms with van der Waals surface area (Å²) in [5, 5.41) is 2.99. The number of carbonyl (C=O) groups is 1. The Morgan fingerprint density at radius 3 is 2.20 bits per heavy atom. The van der Waals surface area contributed by atoms with Gasteiger partial charge in [0.25, 0.3) is 0 Å². The van der Waals surface area contributed by atoms with Crippen LogP contribution in [0.15, 0.2) is 24.3 Å². The molecule has 0 spiro atoms. The molecule has 2 rings (SSSR count). The van der Waals surface area contributed by atoms with E-state index in [1.54, 1.807) is 12.1 Å². The van der Waals surface area contributed by atoms with E-state index in [1.165, 1.54) is 12.1 Å². The van der Waals surface area contributed by atoms with E-state index in [4.69, 9.17) is 5.73 Å². The van der Waals surface area contributed by atoms with Gasteiger partial charge in [-0.3, -0.25) is 9.69 Å². The summed E-state index contributed by atoms with van der Waals surface area (Å²) in [4.78, 5) is 16.7. The van der Waals surface area contributed by atoms with Crippen molar-refractivity contribution in [3.8, 4) is 0 Å². The Hall–Kier alpha value is -1.08. The van der Waals surface area contributed by atoms with Crippen LogP contribution in [-0.2, 0) is 4.79 Å².